The fraction of sp³-hybridized carbons (Fsp3) is 0.310. The first-order chi connectivity index (χ1) is 16.8. The Bertz CT molecular complexity index is 1240. The lowest BCUT2D eigenvalue weighted by molar-refractivity contribution is 0.0697. The molecule has 182 valence electrons. The van der Waals surface area contributed by atoms with Crippen LogP contribution < -0.4 is 5.32 Å². The second-order valence-electron chi connectivity index (χ2n) is 9.49. The van der Waals surface area contributed by atoms with Crippen LogP contribution in [0, 0.1) is 18.8 Å². The van der Waals surface area contributed by atoms with Gasteiger partial charge in [0, 0.05) is 21.5 Å². The molecule has 0 radical (unpaired) electrons. The summed E-state index contributed by atoms with van der Waals surface area (Å²) in [6.45, 7) is 8.93. The van der Waals surface area contributed by atoms with Crippen molar-refractivity contribution in [3.8, 4) is 10.4 Å². The average Bonchev–Trinajstić information content (AvgIpc) is 3.32. The maximum atomic E-state index is 12.1. The van der Waals surface area contributed by atoms with Gasteiger partial charge in [0.05, 0.1) is 5.03 Å². The fourth-order valence-corrected chi connectivity index (χ4v) is 6.06. The van der Waals surface area contributed by atoms with Gasteiger partial charge >= 0.3 is 5.97 Å². The Morgan fingerprint density at radius 3 is 2.63 bits per heavy atom. The van der Waals surface area contributed by atoms with Gasteiger partial charge in [-0.25, -0.2) is 9.78 Å². The minimum atomic E-state index is -0.988. The van der Waals surface area contributed by atoms with Crippen molar-refractivity contribution in [3.63, 3.8) is 0 Å². The van der Waals surface area contributed by atoms with Crippen LogP contribution >= 0.6 is 23.1 Å². The summed E-state index contributed by atoms with van der Waals surface area (Å²) < 4.78 is 0. The molecule has 0 fully saturated rings. The van der Waals surface area contributed by atoms with Gasteiger partial charge in [-0.2, -0.15) is 0 Å². The molecule has 35 heavy (non-hydrogen) atoms. The van der Waals surface area contributed by atoms with Gasteiger partial charge in [0.15, 0.2) is 0 Å². The highest BCUT2D eigenvalue weighted by molar-refractivity contribution is 8.11. The van der Waals surface area contributed by atoms with E-state index >= 15 is 0 Å². The second kappa shape index (κ2) is 11.3. The Labute approximate surface area is 216 Å². The van der Waals surface area contributed by atoms with Crippen molar-refractivity contribution in [3.05, 3.63) is 87.4 Å². The molecular formula is C29H32N2O2S2. The highest BCUT2D eigenvalue weighted by Crippen LogP contribution is 2.44. The Kier molecular flexibility index (Phi) is 8.14. The van der Waals surface area contributed by atoms with Gasteiger partial charge < -0.3 is 10.4 Å². The van der Waals surface area contributed by atoms with Gasteiger partial charge in [-0.05, 0) is 61.1 Å². The van der Waals surface area contributed by atoms with E-state index < -0.39 is 5.97 Å². The molecule has 0 aliphatic carbocycles. The number of thioether (sulfide) groups is 1. The van der Waals surface area contributed by atoms with Gasteiger partial charge in [-0.3, -0.25) is 0 Å². The quantitative estimate of drug-likeness (QED) is 0.321. The molecule has 1 unspecified atom stereocenters. The molecule has 6 heteroatoms. The van der Waals surface area contributed by atoms with Crippen LogP contribution in [0.1, 0.15) is 61.5 Å². The minimum absolute atomic E-state index is 0.176. The van der Waals surface area contributed by atoms with E-state index in [4.69, 9.17) is 0 Å². The van der Waals surface area contributed by atoms with E-state index in [2.05, 4.69) is 68.3 Å². The van der Waals surface area contributed by atoms with Crippen molar-refractivity contribution in [2.24, 2.45) is 11.8 Å². The summed E-state index contributed by atoms with van der Waals surface area (Å²) in [5, 5.41) is 16.2. The Balaban J connectivity index is 1.68. The molecule has 1 aromatic carbocycles. The third-order valence-electron chi connectivity index (χ3n) is 6.23. The first kappa shape index (κ1) is 25.3. The van der Waals surface area contributed by atoms with E-state index in [9.17, 15) is 9.90 Å². The van der Waals surface area contributed by atoms with Gasteiger partial charge in [0.2, 0.25) is 0 Å². The van der Waals surface area contributed by atoms with Gasteiger partial charge in [0.1, 0.15) is 11.4 Å². The van der Waals surface area contributed by atoms with Crippen LogP contribution in [0.3, 0.4) is 0 Å². The second-order valence-corrected chi connectivity index (χ2v) is 11.5. The number of rotatable bonds is 8. The van der Waals surface area contributed by atoms with Crippen LogP contribution in [0.5, 0.6) is 0 Å². The number of aromatic nitrogens is 1. The number of carboxylic acid groups (broad SMARTS) is 1. The summed E-state index contributed by atoms with van der Waals surface area (Å²) in [5.41, 5.74) is 4.91. The highest BCUT2D eigenvalue weighted by Gasteiger charge is 2.23. The molecule has 0 saturated carbocycles. The molecule has 0 amide bonds. The molecule has 3 heterocycles. The standard InChI is InChI=1S/C29H32N2O2S2/c1-18(2)7-13-23-20(4)10-14-26(35-27(23)21-11-8-19(3)9-12-21)31-28-24(29(32)33)16-22(17-30-28)25-6-5-15-34-25/h5-6,8-9,11-12,14-18,20H,7,10,13H2,1-4H3,(H,30,31)(H,32,33). The predicted octanol–water partition coefficient (Wildman–Crippen LogP) is 8.69. The molecule has 1 aliphatic heterocycles. The van der Waals surface area contributed by atoms with Crippen molar-refractivity contribution >= 4 is 39.8 Å². The number of nitrogens with zero attached hydrogens (tertiary/aromatic N) is 1. The number of hydrogen-bond donors (Lipinski definition) is 2. The molecule has 0 spiro atoms. The van der Waals surface area contributed by atoms with Gasteiger partial charge in [-0.15, -0.1) is 11.3 Å². The summed E-state index contributed by atoms with van der Waals surface area (Å²) in [4.78, 5) is 18.9. The molecule has 0 saturated heterocycles. The Morgan fingerprint density at radius 2 is 1.97 bits per heavy atom. The number of aryl methyl sites for hydroxylation is 1. The number of pyridine rings is 1. The van der Waals surface area contributed by atoms with Crippen LogP contribution in [-0.4, -0.2) is 16.1 Å². The molecule has 4 rings (SSSR count). The van der Waals surface area contributed by atoms with Crippen LogP contribution in [-0.2, 0) is 0 Å². The van der Waals surface area contributed by atoms with E-state index in [1.165, 1.54) is 21.6 Å². The van der Waals surface area contributed by atoms with E-state index in [0.717, 1.165) is 34.7 Å². The normalized spacial score (nSPS) is 16.3. The van der Waals surface area contributed by atoms with Crippen LogP contribution in [0.2, 0.25) is 0 Å². The molecule has 2 N–H and O–H groups in total. The largest absolute Gasteiger partial charge is 0.478 e. The maximum absolute atomic E-state index is 12.1. The SMILES string of the molecule is Cc1ccc(C2=C(CCC(C)C)C(C)CC=C(Nc3ncc(-c4cccs4)cc3C(=O)O)S2)cc1. The topological polar surface area (TPSA) is 62.2 Å². The van der Waals surface area contributed by atoms with E-state index in [-0.39, 0.29) is 5.56 Å². The number of benzene rings is 1. The number of aromatic carboxylic acids is 1. The van der Waals surface area contributed by atoms with Crippen molar-refractivity contribution in [1.82, 2.24) is 4.98 Å². The van der Waals surface area contributed by atoms with E-state index in [1.807, 2.05) is 17.5 Å². The van der Waals surface area contributed by atoms with Crippen LogP contribution in [0.15, 0.2) is 70.7 Å². The van der Waals surface area contributed by atoms with Crippen molar-refractivity contribution in [2.75, 3.05) is 5.32 Å². The fourth-order valence-electron chi connectivity index (χ4n) is 4.12. The van der Waals surface area contributed by atoms with Gasteiger partial charge in [-0.1, -0.05) is 80.1 Å². The zero-order valence-corrected chi connectivity index (χ0v) is 22.3. The first-order valence-corrected chi connectivity index (χ1v) is 13.7. The lowest BCUT2D eigenvalue weighted by Gasteiger charge is -2.20. The number of allylic oxidation sites excluding steroid dienone is 2. The predicted molar refractivity (Wildman–Crippen MR) is 150 cm³/mol. The Morgan fingerprint density at radius 1 is 1.20 bits per heavy atom. The third kappa shape index (κ3) is 6.24. The molecule has 1 aliphatic rings. The number of carboxylic acids is 1. The average molecular weight is 505 g/mol. The summed E-state index contributed by atoms with van der Waals surface area (Å²) in [6, 6.07) is 14.3. The van der Waals surface area contributed by atoms with E-state index in [1.54, 1.807) is 35.4 Å². The molecule has 4 nitrogen and oxygen atoms in total. The van der Waals surface area contributed by atoms with Crippen molar-refractivity contribution in [2.45, 2.75) is 47.0 Å². The number of hydrogen-bond acceptors (Lipinski definition) is 5. The van der Waals surface area contributed by atoms with Crippen molar-refractivity contribution < 1.29 is 9.90 Å². The minimum Gasteiger partial charge on any atom is -0.478 e. The molecule has 0 bridgehead atoms. The third-order valence-corrected chi connectivity index (χ3v) is 8.34. The molecular weight excluding hydrogens is 472 g/mol. The summed E-state index contributed by atoms with van der Waals surface area (Å²) in [7, 11) is 0. The lowest BCUT2D eigenvalue weighted by atomic mass is 9.89. The van der Waals surface area contributed by atoms with Gasteiger partial charge in [0.25, 0.3) is 0 Å². The Hall–Kier alpha value is -2.83. The number of nitrogens with one attached hydrogen (secondary N) is 1. The zero-order chi connectivity index (χ0) is 24.9. The maximum Gasteiger partial charge on any atom is 0.339 e. The number of thiophene rings is 1. The molecule has 3 aromatic rings. The number of anilines is 1. The summed E-state index contributed by atoms with van der Waals surface area (Å²) >= 11 is 3.26. The van der Waals surface area contributed by atoms with Crippen molar-refractivity contribution in [1.29, 1.82) is 0 Å². The summed E-state index contributed by atoms with van der Waals surface area (Å²) in [5.74, 6) is 0.429. The first-order valence-electron chi connectivity index (χ1n) is 12.0. The lowest BCUT2D eigenvalue weighted by Crippen LogP contribution is -2.07. The molecule has 1 atom stereocenters. The highest BCUT2D eigenvalue weighted by atomic mass is 32.2. The monoisotopic (exact) mass is 504 g/mol. The van der Waals surface area contributed by atoms with E-state index in [0.29, 0.717) is 17.7 Å². The molecule has 2 aromatic heterocycles. The van der Waals surface area contributed by atoms with Crippen LogP contribution in [0.25, 0.3) is 15.3 Å². The smallest absolute Gasteiger partial charge is 0.339 e. The van der Waals surface area contributed by atoms with Crippen LogP contribution in [0.4, 0.5) is 5.82 Å². The number of carbonyl (C=O) groups is 1. The summed E-state index contributed by atoms with van der Waals surface area (Å²) in [6.07, 6.45) is 7.04. The zero-order valence-electron chi connectivity index (χ0n) is 20.7.